The Kier molecular flexibility index (Phi) is 7.19. The molecule has 0 unspecified atom stereocenters. The maximum atomic E-state index is 11.7. The summed E-state index contributed by atoms with van der Waals surface area (Å²) in [5.41, 5.74) is 7.87. The van der Waals surface area contributed by atoms with Gasteiger partial charge in [-0.25, -0.2) is 0 Å². The molecule has 7 nitrogen and oxygen atoms in total. The standard InChI is InChI=1S/C23H29N3O4/c1-4-19(24)23(27)25-11-5-6-16-12-15-13-17(7-9-20(15)26-16)30-18-8-10-21(28-2)22(14-18)29-3/h7-10,12-14,19,26H,4-6,11,24H2,1-3H3,(H,25,27)/t19-/m0/s1. The van der Waals surface area contributed by atoms with Gasteiger partial charge in [-0.1, -0.05) is 6.92 Å². The summed E-state index contributed by atoms with van der Waals surface area (Å²) >= 11 is 0. The van der Waals surface area contributed by atoms with Crippen LogP contribution in [0, 0.1) is 0 Å². The minimum atomic E-state index is -0.429. The highest BCUT2D eigenvalue weighted by Crippen LogP contribution is 2.34. The van der Waals surface area contributed by atoms with E-state index < -0.39 is 6.04 Å². The Balaban J connectivity index is 1.61. The Labute approximate surface area is 176 Å². The molecule has 0 aliphatic heterocycles. The summed E-state index contributed by atoms with van der Waals surface area (Å²) in [6.07, 6.45) is 2.31. The molecule has 0 saturated heterocycles. The van der Waals surface area contributed by atoms with Gasteiger partial charge in [0.25, 0.3) is 0 Å². The third-order valence-electron chi connectivity index (χ3n) is 4.94. The molecule has 4 N–H and O–H groups in total. The van der Waals surface area contributed by atoms with E-state index in [1.165, 1.54) is 0 Å². The van der Waals surface area contributed by atoms with E-state index in [4.69, 9.17) is 19.9 Å². The van der Waals surface area contributed by atoms with Gasteiger partial charge in [0.1, 0.15) is 11.5 Å². The SMILES string of the molecule is CC[C@H](N)C(=O)NCCCc1cc2cc(Oc3ccc(OC)c(OC)c3)ccc2[nH]1. The van der Waals surface area contributed by atoms with Crippen LogP contribution in [0.2, 0.25) is 0 Å². The van der Waals surface area contributed by atoms with Crippen molar-refractivity contribution >= 4 is 16.8 Å². The number of aromatic amines is 1. The molecule has 1 aromatic heterocycles. The number of nitrogens with two attached hydrogens (primary N) is 1. The van der Waals surface area contributed by atoms with Crippen molar-refractivity contribution in [3.8, 4) is 23.0 Å². The fourth-order valence-corrected chi connectivity index (χ4v) is 3.19. The molecule has 0 aliphatic rings. The predicted octanol–water partition coefficient (Wildman–Crippen LogP) is 3.76. The maximum absolute atomic E-state index is 11.7. The smallest absolute Gasteiger partial charge is 0.236 e. The lowest BCUT2D eigenvalue weighted by molar-refractivity contribution is -0.122. The maximum Gasteiger partial charge on any atom is 0.236 e. The first kappa shape index (κ1) is 21.5. The van der Waals surface area contributed by atoms with Gasteiger partial charge in [0, 0.05) is 29.2 Å². The molecule has 7 heteroatoms. The normalized spacial score (nSPS) is 11.9. The van der Waals surface area contributed by atoms with Crippen molar-refractivity contribution in [1.82, 2.24) is 10.3 Å². The Bertz CT molecular complexity index is 999. The minimum Gasteiger partial charge on any atom is -0.493 e. The topological polar surface area (TPSA) is 98.6 Å². The Morgan fingerprint density at radius 3 is 2.53 bits per heavy atom. The first-order chi connectivity index (χ1) is 14.5. The highest BCUT2D eigenvalue weighted by atomic mass is 16.5. The minimum absolute atomic E-state index is 0.0916. The Morgan fingerprint density at radius 1 is 1.07 bits per heavy atom. The van der Waals surface area contributed by atoms with Crippen LogP contribution in [0.3, 0.4) is 0 Å². The van der Waals surface area contributed by atoms with E-state index in [9.17, 15) is 4.79 Å². The second-order valence-corrected chi connectivity index (χ2v) is 7.07. The first-order valence-electron chi connectivity index (χ1n) is 10.1. The van der Waals surface area contributed by atoms with Crippen LogP contribution >= 0.6 is 0 Å². The number of methoxy groups -OCH3 is 2. The summed E-state index contributed by atoms with van der Waals surface area (Å²) in [5, 5.41) is 3.94. The molecule has 2 aromatic carbocycles. The van der Waals surface area contributed by atoms with Crippen LogP contribution in [0.25, 0.3) is 10.9 Å². The van der Waals surface area contributed by atoms with Gasteiger partial charge in [0.2, 0.25) is 5.91 Å². The van der Waals surface area contributed by atoms with Gasteiger partial charge in [-0.3, -0.25) is 4.79 Å². The van der Waals surface area contributed by atoms with Crippen LogP contribution in [0.15, 0.2) is 42.5 Å². The Morgan fingerprint density at radius 2 is 1.80 bits per heavy atom. The fraction of sp³-hybridized carbons (Fsp3) is 0.348. The second-order valence-electron chi connectivity index (χ2n) is 7.07. The van der Waals surface area contributed by atoms with Crippen molar-refractivity contribution < 1.29 is 19.0 Å². The number of ether oxygens (including phenoxy) is 3. The monoisotopic (exact) mass is 411 g/mol. The van der Waals surface area contributed by atoms with Gasteiger partial charge >= 0.3 is 0 Å². The average Bonchev–Trinajstić information content (AvgIpc) is 3.17. The lowest BCUT2D eigenvalue weighted by Gasteiger charge is -2.10. The number of hydrogen-bond acceptors (Lipinski definition) is 5. The van der Waals surface area contributed by atoms with Crippen molar-refractivity contribution in [2.75, 3.05) is 20.8 Å². The summed E-state index contributed by atoms with van der Waals surface area (Å²) in [4.78, 5) is 15.1. The number of H-pyrrole nitrogens is 1. The van der Waals surface area contributed by atoms with E-state index in [-0.39, 0.29) is 5.91 Å². The van der Waals surface area contributed by atoms with Gasteiger partial charge in [-0.2, -0.15) is 0 Å². The van der Waals surface area contributed by atoms with E-state index in [2.05, 4.69) is 16.4 Å². The average molecular weight is 412 g/mol. The molecular formula is C23H29N3O4. The number of carbonyl (C=O) groups excluding carboxylic acids is 1. The molecule has 1 atom stereocenters. The molecule has 3 aromatic rings. The lowest BCUT2D eigenvalue weighted by Crippen LogP contribution is -2.40. The number of carbonyl (C=O) groups is 1. The molecule has 1 heterocycles. The van der Waals surface area contributed by atoms with E-state index in [0.29, 0.717) is 30.2 Å². The molecule has 0 fully saturated rings. The summed E-state index contributed by atoms with van der Waals surface area (Å²) < 4.78 is 16.6. The molecule has 0 radical (unpaired) electrons. The number of benzene rings is 2. The summed E-state index contributed by atoms with van der Waals surface area (Å²) in [7, 11) is 3.20. The molecule has 1 amide bonds. The van der Waals surface area contributed by atoms with Gasteiger partial charge in [-0.15, -0.1) is 0 Å². The molecule has 0 bridgehead atoms. The van der Waals surface area contributed by atoms with E-state index >= 15 is 0 Å². The third-order valence-corrected chi connectivity index (χ3v) is 4.94. The molecule has 30 heavy (non-hydrogen) atoms. The number of rotatable bonds is 10. The van der Waals surface area contributed by atoms with E-state index in [0.717, 1.165) is 35.2 Å². The highest BCUT2D eigenvalue weighted by molar-refractivity contribution is 5.82. The van der Waals surface area contributed by atoms with Crippen molar-refractivity contribution in [2.24, 2.45) is 5.73 Å². The van der Waals surface area contributed by atoms with Crippen LogP contribution in [-0.2, 0) is 11.2 Å². The van der Waals surface area contributed by atoms with E-state index in [1.54, 1.807) is 20.3 Å². The number of aromatic nitrogens is 1. The van der Waals surface area contributed by atoms with Gasteiger partial charge in [0.05, 0.1) is 20.3 Å². The van der Waals surface area contributed by atoms with Crippen LogP contribution < -0.4 is 25.3 Å². The lowest BCUT2D eigenvalue weighted by atomic mass is 10.2. The molecule has 3 rings (SSSR count). The third kappa shape index (κ3) is 5.24. The van der Waals surface area contributed by atoms with Crippen molar-refractivity contribution in [1.29, 1.82) is 0 Å². The van der Waals surface area contributed by atoms with Crippen LogP contribution in [0.5, 0.6) is 23.0 Å². The van der Waals surface area contributed by atoms with Crippen LogP contribution in [0.1, 0.15) is 25.5 Å². The highest BCUT2D eigenvalue weighted by Gasteiger charge is 2.10. The zero-order chi connectivity index (χ0) is 21.5. The second kappa shape index (κ2) is 10.0. The fourth-order valence-electron chi connectivity index (χ4n) is 3.19. The van der Waals surface area contributed by atoms with Crippen molar-refractivity contribution in [3.63, 3.8) is 0 Å². The van der Waals surface area contributed by atoms with Crippen molar-refractivity contribution in [3.05, 3.63) is 48.2 Å². The predicted molar refractivity (Wildman–Crippen MR) is 118 cm³/mol. The van der Waals surface area contributed by atoms with Gasteiger partial charge < -0.3 is 30.2 Å². The van der Waals surface area contributed by atoms with Crippen molar-refractivity contribution in [2.45, 2.75) is 32.2 Å². The summed E-state index contributed by atoms with van der Waals surface area (Å²) in [5.74, 6) is 2.59. The molecule has 160 valence electrons. The number of nitrogens with one attached hydrogen (secondary N) is 2. The molecule has 0 aliphatic carbocycles. The number of hydrogen-bond donors (Lipinski definition) is 3. The zero-order valence-corrected chi connectivity index (χ0v) is 17.7. The van der Waals surface area contributed by atoms with Crippen LogP contribution in [-0.4, -0.2) is 37.7 Å². The molecular weight excluding hydrogens is 382 g/mol. The van der Waals surface area contributed by atoms with Gasteiger partial charge in [-0.05, 0) is 55.7 Å². The zero-order valence-electron chi connectivity index (χ0n) is 17.7. The number of fused-ring (bicyclic) bond motifs is 1. The summed E-state index contributed by atoms with van der Waals surface area (Å²) in [6, 6.07) is 13.0. The largest absolute Gasteiger partial charge is 0.493 e. The number of amides is 1. The first-order valence-corrected chi connectivity index (χ1v) is 10.1. The Hall–Kier alpha value is -3.19. The number of aryl methyl sites for hydroxylation is 1. The molecule has 0 spiro atoms. The molecule has 0 saturated carbocycles. The van der Waals surface area contributed by atoms with Crippen LogP contribution in [0.4, 0.5) is 0 Å². The quantitative estimate of drug-likeness (QED) is 0.441. The van der Waals surface area contributed by atoms with Gasteiger partial charge in [0.15, 0.2) is 11.5 Å². The summed E-state index contributed by atoms with van der Waals surface area (Å²) in [6.45, 7) is 2.51. The van der Waals surface area contributed by atoms with E-state index in [1.807, 2.05) is 37.3 Å².